The van der Waals surface area contributed by atoms with Crippen LogP contribution in [0.25, 0.3) is 0 Å². The lowest BCUT2D eigenvalue weighted by molar-refractivity contribution is -0.132. The van der Waals surface area contributed by atoms with Gasteiger partial charge in [-0.1, -0.05) is 30.3 Å². The standard InChI is InChI=1S/C18H27N3O/c1-15-17(16-5-3-2-4-6-16)7-11-20(15)12-8-18(22)21-13-9-19-10-14-21/h2-6,15,17,19H,7-14H2,1H3. The van der Waals surface area contributed by atoms with E-state index in [-0.39, 0.29) is 0 Å². The van der Waals surface area contributed by atoms with Crippen molar-refractivity contribution in [2.24, 2.45) is 0 Å². The predicted molar refractivity (Wildman–Crippen MR) is 88.9 cm³/mol. The first-order chi connectivity index (χ1) is 10.8. The monoisotopic (exact) mass is 301 g/mol. The van der Waals surface area contributed by atoms with E-state index in [0.29, 0.717) is 24.3 Å². The summed E-state index contributed by atoms with van der Waals surface area (Å²) in [5.74, 6) is 0.923. The Bertz CT molecular complexity index is 484. The summed E-state index contributed by atoms with van der Waals surface area (Å²) < 4.78 is 0. The van der Waals surface area contributed by atoms with Crippen LogP contribution in [0.15, 0.2) is 30.3 Å². The predicted octanol–water partition coefficient (Wildman–Crippen LogP) is 1.69. The first-order valence-electron chi connectivity index (χ1n) is 8.53. The van der Waals surface area contributed by atoms with Crippen molar-refractivity contribution in [1.29, 1.82) is 0 Å². The molecule has 1 aromatic carbocycles. The summed E-state index contributed by atoms with van der Waals surface area (Å²) in [6, 6.07) is 11.3. The Morgan fingerprint density at radius 1 is 1.18 bits per heavy atom. The number of benzene rings is 1. The molecule has 4 nitrogen and oxygen atoms in total. The third kappa shape index (κ3) is 3.50. The van der Waals surface area contributed by atoms with E-state index in [9.17, 15) is 4.79 Å². The lowest BCUT2D eigenvalue weighted by atomic mass is 9.93. The molecule has 1 amide bonds. The Balaban J connectivity index is 1.50. The molecular formula is C18H27N3O. The molecule has 1 N–H and O–H groups in total. The number of nitrogens with one attached hydrogen (secondary N) is 1. The van der Waals surface area contributed by atoms with E-state index in [2.05, 4.69) is 47.5 Å². The molecule has 2 heterocycles. The van der Waals surface area contributed by atoms with Gasteiger partial charge in [0.1, 0.15) is 0 Å². The van der Waals surface area contributed by atoms with Crippen LogP contribution < -0.4 is 5.32 Å². The van der Waals surface area contributed by atoms with E-state index in [4.69, 9.17) is 0 Å². The van der Waals surface area contributed by atoms with Gasteiger partial charge in [-0.05, 0) is 25.5 Å². The fraction of sp³-hybridized carbons (Fsp3) is 0.611. The van der Waals surface area contributed by atoms with Crippen molar-refractivity contribution in [3.05, 3.63) is 35.9 Å². The Hall–Kier alpha value is -1.39. The Morgan fingerprint density at radius 2 is 1.91 bits per heavy atom. The molecule has 2 unspecified atom stereocenters. The summed E-state index contributed by atoms with van der Waals surface area (Å²) in [6.45, 7) is 7.90. The summed E-state index contributed by atoms with van der Waals surface area (Å²) in [5.41, 5.74) is 1.44. The van der Waals surface area contributed by atoms with Crippen molar-refractivity contribution >= 4 is 5.91 Å². The zero-order valence-corrected chi connectivity index (χ0v) is 13.5. The zero-order valence-electron chi connectivity index (χ0n) is 13.5. The Morgan fingerprint density at radius 3 is 2.64 bits per heavy atom. The van der Waals surface area contributed by atoms with Crippen molar-refractivity contribution < 1.29 is 4.79 Å². The summed E-state index contributed by atoms with van der Waals surface area (Å²) in [5, 5.41) is 3.29. The van der Waals surface area contributed by atoms with Crippen LogP contribution in [-0.4, -0.2) is 61.0 Å². The quantitative estimate of drug-likeness (QED) is 0.919. The van der Waals surface area contributed by atoms with Crippen molar-refractivity contribution in [2.75, 3.05) is 39.3 Å². The van der Waals surface area contributed by atoms with Gasteiger partial charge >= 0.3 is 0 Å². The minimum absolute atomic E-state index is 0.317. The first-order valence-corrected chi connectivity index (χ1v) is 8.53. The van der Waals surface area contributed by atoms with Gasteiger partial charge in [0.05, 0.1) is 0 Å². The van der Waals surface area contributed by atoms with Crippen LogP contribution in [0.2, 0.25) is 0 Å². The highest BCUT2D eigenvalue weighted by atomic mass is 16.2. The molecule has 0 saturated carbocycles. The molecule has 0 aliphatic carbocycles. The van der Waals surface area contributed by atoms with Crippen LogP contribution in [0.5, 0.6) is 0 Å². The minimum atomic E-state index is 0.317. The number of rotatable bonds is 4. The zero-order chi connectivity index (χ0) is 15.4. The number of carbonyl (C=O) groups is 1. The summed E-state index contributed by atoms with van der Waals surface area (Å²) in [7, 11) is 0. The molecule has 2 fully saturated rings. The lowest BCUT2D eigenvalue weighted by Gasteiger charge is -2.29. The van der Waals surface area contributed by atoms with Crippen molar-refractivity contribution in [3.8, 4) is 0 Å². The third-order valence-electron chi connectivity index (χ3n) is 5.20. The van der Waals surface area contributed by atoms with Gasteiger partial charge in [-0.3, -0.25) is 9.69 Å². The van der Waals surface area contributed by atoms with E-state index in [1.54, 1.807) is 0 Å². The van der Waals surface area contributed by atoms with Crippen molar-refractivity contribution in [2.45, 2.75) is 31.7 Å². The number of amides is 1. The van der Waals surface area contributed by atoms with E-state index in [1.165, 1.54) is 12.0 Å². The molecule has 2 saturated heterocycles. The minimum Gasteiger partial charge on any atom is -0.340 e. The molecule has 3 rings (SSSR count). The van der Waals surface area contributed by atoms with Crippen LogP contribution in [-0.2, 0) is 4.79 Å². The highest BCUT2D eigenvalue weighted by molar-refractivity contribution is 5.76. The first kappa shape index (κ1) is 15.5. The van der Waals surface area contributed by atoms with Gasteiger partial charge in [-0.2, -0.15) is 0 Å². The Kier molecular flexibility index (Phi) is 5.11. The molecule has 0 bridgehead atoms. The van der Waals surface area contributed by atoms with E-state index in [1.807, 2.05) is 4.90 Å². The van der Waals surface area contributed by atoms with Crippen molar-refractivity contribution in [3.63, 3.8) is 0 Å². The average molecular weight is 301 g/mol. The number of likely N-dealkylation sites (tertiary alicyclic amines) is 1. The maximum Gasteiger partial charge on any atom is 0.223 e. The molecule has 1 aromatic rings. The molecule has 0 radical (unpaired) electrons. The maximum absolute atomic E-state index is 12.3. The van der Waals surface area contributed by atoms with Gasteiger partial charge in [-0.15, -0.1) is 0 Å². The Labute approximate surface area is 133 Å². The smallest absolute Gasteiger partial charge is 0.223 e. The third-order valence-corrected chi connectivity index (χ3v) is 5.20. The molecule has 4 heteroatoms. The number of hydrogen-bond donors (Lipinski definition) is 1. The molecule has 120 valence electrons. The van der Waals surface area contributed by atoms with Gasteiger partial charge in [0.15, 0.2) is 0 Å². The van der Waals surface area contributed by atoms with E-state index < -0.39 is 0 Å². The normalized spacial score (nSPS) is 26.3. The second kappa shape index (κ2) is 7.25. The van der Waals surface area contributed by atoms with Crippen LogP contribution in [0.4, 0.5) is 0 Å². The van der Waals surface area contributed by atoms with E-state index >= 15 is 0 Å². The molecular weight excluding hydrogens is 274 g/mol. The highest BCUT2D eigenvalue weighted by Crippen LogP contribution is 2.33. The van der Waals surface area contributed by atoms with Gasteiger partial charge in [0.25, 0.3) is 0 Å². The topological polar surface area (TPSA) is 35.6 Å². The van der Waals surface area contributed by atoms with Gasteiger partial charge in [-0.25, -0.2) is 0 Å². The second-order valence-electron chi connectivity index (χ2n) is 6.46. The average Bonchev–Trinajstić information content (AvgIpc) is 2.95. The lowest BCUT2D eigenvalue weighted by Crippen LogP contribution is -2.47. The number of nitrogens with zero attached hydrogens (tertiary/aromatic N) is 2. The highest BCUT2D eigenvalue weighted by Gasteiger charge is 2.31. The van der Waals surface area contributed by atoms with Crippen LogP contribution in [0.3, 0.4) is 0 Å². The van der Waals surface area contributed by atoms with Crippen molar-refractivity contribution in [1.82, 2.24) is 15.1 Å². The molecule has 2 aliphatic heterocycles. The summed E-state index contributed by atoms with van der Waals surface area (Å²) >= 11 is 0. The van der Waals surface area contributed by atoms with E-state index in [0.717, 1.165) is 39.3 Å². The molecule has 2 aliphatic rings. The maximum atomic E-state index is 12.3. The summed E-state index contributed by atoms with van der Waals surface area (Å²) in [6.07, 6.45) is 1.86. The second-order valence-corrected chi connectivity index (χ2v) is 6.46. The van der Waals surface area contributed by atoms with Gasteiger partial charge < -0.3 is 10.2 Å². The van der Waals surface area contributed by atoms with Crippen LogP contribution >= 0.6 is 0 Å². The molecule has 2 atom stereocenters. The van der Waals surface area contributed by atoms with Crippen LogP contribution in [0, 0.1) is 0 Å². The number of hydrogen-bond acceptors (Lipinski definition) is 3. The largest absolute Gasteiger partial charge is 0.340 e. The number of piperazine rings is 1. The number of carbonyl (C=O) groups excluding carboxylic acids is 1. The molecule has 0 spiro atoms. The van der Waals surface area contributed by atoms with Crippen LogP contribution in [0.1, 0.15) is 31.2 Å². The fourth-order valence-corrected chi connectivity index (χ4v) is 3.78. The molecule has 0 aromatic heterocycles. The van der Waals surface area contributed by atoms with Gasteiger partial charge in [0.2, 0.25) is 5.91 Å². The van der Waals surface area contributed by atoms with Gasteiger partial charge in [0, 0.05) is 51.1 Å². The fourth-order valence-electron chi connectivity index (χ4n) is 3.78. The SMILES string of the molecule is CC1C(c2ccccc2)CCN1CCC(=O)N1CCNCC1. The summed E-state index contributed by atoms with van der Waals surface area (Å²) in [4.78, 5) is 16.8. The molecule has 22 heavy (non-hydrogen) atoms.